The van der Waals surface area contributed by atoms with Crippen molar-refractivity contribution in [2.45, 2.75) is 150 Å². The highest BCUT2D eigenvalue weighted by molar-refractivity contribution is 5.57. The third kappa shape index (κ3) is 6.61. The zero-order chi connectivity index (χ0) is 27.4. The Morgan fingerprint density at radius 3 is 1.34 bits per heavy atom. The lowest BCUT2D eigenvalue weighted by molar-refractivity contribution is 0.478. The first-order valence-corrected chi connectivity index (χ1v) is 13.8. The molecule has 2 aromatic carbocycles. The molecule has 2 rings (SSSR count). The van der Waals surface area contributed by atoms with Crippen LogP contribution in [0, 0.1) is 0 Å². The van der Waals surface area contributed by atoms with Crippen LogP contribution in [-0.2, 0) is 33.5 Å². The molecular weight excluding hydrogens is 420 g/mol. The highest BCUT2D eigenvalue weighted by Crippen LogP contribution is 2.48. The van der Waals surface area contributed by atoms with Gasteiger partial charge >= 0.3 is 0 Å². The third-order valence-electron chi connectivity index (χ3n) is 7.33. The summed E-state index contributed by atoms with van der Waals surface area (Å²) in [6.07, 6.45) is 1.07. The normalized spacial score (nSPS) is 14.9. The predicted molar refractivity (Wildman–Crippen MR) is 159 cm³/mol. The van der Waals surface area contributed by atoms with E-state index < -0.39 is 0 Å². The Kier molecular flexibility index (Phi) is 7.96. The summed E-state index contributed by atoms with van der Waals surface area (Å²) in [4.78, 5) is 0. The molecule has 0 fully saturated rings. The molecule has 35 heavy (non-hydrogen) atoms. The van der Waals surface area contributed by atoms with Crippen molar-refractivity contribution in [2.75, 3.05) is 0 Å². The molecule has 0 heteroatoms. The minimum absolute atomic E-state index is 0.0526. The predicted octanol–water partition coefficient (Wildman–Crippen LogP) is 10.5. The van der Waals surface area contributed by atoms with E-state index in [0.717, 1.165) is 6.42 Å². The molecule has 2 aromatic rings. The molecule has 0 aromatic heterocycles. The summed E-state index contributed by atoms with van der Waals surface area (Å²) >= 11 is 0. The topological polar surface area (TPSA) is 0 Å². The van der Waals surface area contributed by atoms with E-state index >= 15 is 0 Å². The van der Waals surface area contributed by atoms with Gasteiger partial charge in [-0.25, -0.2) is 0 Å². The average molecular weight is 477 g/mol. The van der Waals surface area contributed by atoms with Crippen LogP contribution >= 0.6 is 0 Å². The van der Waals surface area contributed by atoms with Crippen molar-refractivity contribution in [1.82, 2.24) is 0 Å². The van der Waals surface area contributed by atoms with Crippen LogP contribution < -0.4 is 0 Å². The molecule has 0 saturated carbocycles. The van der Waals surface area contributed by atoms with Gasteiger partial charge in [-0.3, -0.25) is 0 Å². The quantitative estimate of drug-likeness (QED) is 0.413. The van der Waals surface area contributed by atoms with Crippen LogP contribution in [0.4, 0.5) is 0 Å². The summed E-state index contributed by atoms with van der Waals surface area (Å²) in [5.41, 5.74) is 11.2. The SMILES string of the molecule is CC(Cc1ccccc1C(C)(C)C)c1c(C(C)(C)C)cc(C(C)(C)C)c(C(C)(C)C)c1C(C)(C)C. The first-order chi connectivity index (χ1) is 15.5. The zero-order valence-electron chi connectivity index (χ0n) is 26.2. The van der Waals surface area contributed by atoms with Gasteiger partial charge in [0, 0.05) is 0 Å². The van der Waals surface area contributed by atoms with E-state index in [4.69, 9.17) is 0 Å². The fraction of sp³-hybridized carbons (Fsp3) is 0.657. The average Bonchev–Trinajstić information content (AvgIpc) is 2.62. The molecule has 0 saturated heterocycles. The molecule has 0 heterocycles. The molecule has 0 aliphatic heterocycles. The molecule has 0 bridgehead atoms. The van der Waals surface area contributed by atoms with E-state index in [2.05, 4.69) is 141 Å². The van der Waals surface area contributed by atoms with Crippen LogP contribution in [0.1, 0.15) is 156 Å². The maximum Gasteiger partial charge on any atom is -0.0126 e. The number of benzene rings is 2. The summed E-state index contributed by atoms with van der Waals surface area (Å²) in [5, 5.41) is 0. The van der Waals surface area contributed by atoms with Crippen LogP contribution in [0.5, 0.6) is 0 Å². The molecule has 0 aliphatic carbocycles. The molecule has 0 nitrogen and oxygen atoms in total. The van der Waals surface area contributed by atoms with Gasteiger partial charge in [-0.2, -0.15) is 0 Å². The summed E-state index contributed by atoms with van der Waals surface area (Å²) in [6, 6.07) is 11.7. The fourth-order valence-corrected chi connectivity index (χ4v) is 5.84. The van der Waals surface area contributed by atoms with Gasteiger partial charge in [0.25, 0.3) is 0 Å². The zero-order valence-corrected chi connectivity index (χ0v) is 26.2. The van der Waals surface area contributed by atoms with Gasteiger partial charge in [0.1, 0.15) is 0 Å². The fourth-order valence-electron chi connectivity index (χ4n) is 5.84. The Balaban J connectivity index is 3.02. The van der Waals surface area contributed by atoms with Gasteiger partial charge in [0.2, 0.25) is 0 Å². The van der Waals surface area contributed by atoms with E-state index in [1.165, 1.54) is 22.3 Å². The molecule has 0 amide bonds. The summed E-state index contributed by atoms with van der Waals surface area (Å²) in [6.45, 7) is 38.4. The summed E-state index contributed by atoms with van der Waals surface area (Å²) in [5.74, 6) is 0.428. The van der Waals surface area contributed by atoms with E-state index in [1.54, 1.807) is 16.7 Å². The highest BCUT2D eigenvalue weighted by atomic mass is 14.4. The largest absolute Gasteiger partial charge is 0.0620 e. The Morgan fingerprint density at radius 1 is 0.514 bits per heavy atom. The van der Waals surface area contributed by atoms with Crippen LogP contribution in [-0.4, -0.2) is 0 Å². The molecule has 196 valence electrons. The first-order valence-electron chi connectivity index (χ1n) is 13.8. The number of hydrogen-bond acceptors (Lipinski definition) is 0. The Labute approximate surface area is 219 Å². The Bertz CT molecular complexity index is 1030. The van der Waals surface area contributed by atoms with Crippen molar-refractivity contribution >= 4 is 0 Å². The summed E-state index contributed by atoms with van der Waals surface area (Å²) < 4.78 is 0. The maximum absolute atomic E-state index is 2.59. The van der Waals surface area contributed by atoms with Gasteiger partial charge in [0.05, 0.1) is 0 Å². The van der Waals surface area contributed by atoms with Gasteiger partial charge < -0.3 is 0 Å². The monoisotopic (exact) mass is 476 g/mol. The maximum atomic E-state index is 2.59. The van der Waals surface area contributed by atoms with E-state index in [1.807, 2.05) is 0 Å². The smallest absolute Gasteiger partial charge is 0.0126 e. The van der Waals surface area contributed by atoms with Gasteiger partial charge in [-0.1, -0.05) is 141 Å². The molecular formula is C35H56. The second kappa shape index (κ2) is 9.39. The highest BCUT2D eigenvalue weighted by Gasteiger charge is 2.38. The first kappa shape index (κ1) is 29.7. The lowest BCUT2D eigenvalue weighted by atomic mass is 9.62. The minimum atomic E-state index is 0.0526. The second-order valence-electron chi connectivity index (χ2n) is 16.1. The van der Waals surface area contributed by atoms with Crippen LogP contribution in [0.3, 0.4) is 0 Å². The second-order valence-corrected chi connectivity index (χ2v) is 16.1. The Morgan fingerprint density at radius 2 is 0.943 bits per heavy atom. The molecule has 0 radical (unpaired) electrons. The minimum Gasteiger partial charge on any atom is -0.0620 e. The molecule has 0 spiro atoms. The van der Waals surface area contributed by atoms with E-state index in [9.17, 15) is 0 Å². The van der Waals surface area contributed by atoms with Crippen LogP contribution in [0.25, 0.3) is 0 Å². The Hall–Kier alpha value is -1.56. The van der Waals surface area contributed by atoms with Crippen molar-refractivity contribution in [3.63, 3.8) is 0 Å². The molecule has 1 atom stereocenters. The van der Waals surface area contributed by atoms with Crippen LogP contribution in [0.2, 0.25) is 0 Å². The lowest BCUT2D eigenvalue weighted by Gasteiger charge is -2.42. The lowest BCUT2D eigenvalue weighted by Crippen LogP contribution is -2.33. The van der Waals surface area contributed by atoms with Crippen molar-refractivity contribution in [1.29, 1.82) is 0 Å². The number of rotatable bonds is 3. The van der Waals surface area contributed by atoms with Gasteiger partial charge in [-0.05, 0) is 78.4 Å². The summed E-state index contributed by atoms with van der Waals surface area (Å²) in [7, 11) is 0. The van der Waals surface area contributed by atoms with Crippen LogP contribution in [0.15, 0.2) is 30.3 Å². The van der Waals surface area contributed by atoms with Gasteiger partial charge in [0.15, 0.2) is 0 Å². The molecule has 1 unspecified atom stereocenters. The molecule has 0 aliphatic rings. The van der Waals surface area contributed by atoms with Crippen molar-refractivity contribution in [3.05, 3.63) is 69.3 Å². The van der Waals surface area contributed by atoms with Crippen molar-refractivity contribution < 1.29 is 0 Å². The van der Waals surface area contributed by atoms with E-state index in [0.29, 0.717) is 5.92 Å². The molecule has 0 N–H and O–H groups in total. The standard InChI is InChI=1S/C35H56/c1-23(21-24-19-17-18-20-25(24)31(2,3)4)28-26(32(5,6)7)22-27(33(8,9)10)29(34(11,12)13)30(28)35(14,15)16/h17-20,22-23H,21H2,1-16H3. The van der Waals surface area contributed by atoms with Crippen molar-refractivity contribution in [2.24, 2.45) is 0 Å². The number of hydrogen-bond donors (Lipinski definition) is 0. The third-order valence-corrected chi connectivity index (χ3v) is 7.33. The van der Waals surface area contributed by atoms with Crippen molar-refractivity contribution in [3.8, 4) is 0 Å². The van der Waals surface area contributed by atoms with E-state index in [-0.39, 0.29) is 27.1 Å². The van der Waals surface area contributed by atoms with Gasteiger partial charge in [-0.15, -0.1) is 0 Å².